The van der Waals surface area contributed by atoms with Crippen molar-refractivity contribution in [3.8, 4) is 0 Å². The van der Waals surface area contributed by atoms with Gasteiger partial charge in [-0.25, -0.2) is 0 Å². The molecule has 0 aromatic carbocycles. The second kappa shape index (κ2) is 8.76. The first-order valence-electron chi connectivity index (χ1n) is 6.59. The third-order valence-electron chi connectivity index (χ3n) is 3.67. The molecule has 1 N–H and O–H groups in total. The van der Waals surface area contributed by atoms with Gasteiger partial charge in [0.05, 0.1) is 0 Å². The lowest BCUT2D eigenvalue weighted by molar-refractivity contribution is -0.131. The minimum Gasteiger partial charge on any atom is -0.346 e. The van der Waals surface area contributed by atoms with Gasteiger partial charge in [-0.2, -0.15) is 0 Å². The summed E-state index contributed by atoms with van der Waals surface area (Å²) in [5.74, 6) is 1.59. The topological polar surface area (TPSA) is 32.3 Å². The Bertz CT molecular complexity index is 217. The average Bonchev–Trinajstić information content (AvgIpc) is 2.30. The molecule has 0 aliphatic carbocycles. The summed E-state index contributed by atoms with van der Waals surface area (Å²) in [6, 6.07) is 0. The van der Waals surface area contributed by atoms with Gasteiger partial charge in [0.25, 0.3) is 0 Å². The van der Waals surface area contributed by atoms with Crippen LogP contribution in [0, 0.1) is 11.8 Å². The highest BCUT2D eigenvalue weighted by Gasteiger charge is 2.22. The number of carbonyl (C=O) groups is 1. The summed E-state index contributed by atoms with van der Waals surface area (Å²) in [6.45, 7) is 7.47. The van der Waals surface area contributed by atoms with Crippen molar-refractivity contribution in [3.05, 3.63) is 0 Å². The van der Waals surface area contributed by atoms with E-state index in [1.54, 1.807) is 0 Å². The summed E-state index contributed by atoms with van der Waals surface area (Å²) >= 11 is 0. The highest BCUT2D eigenvalue weighted by Crippen LogP contribution is 2.24. The molecule has 1 heterocycles. The molecule has 102 valence electrons. The summed E-state index contributed by atoms with van der Waals surface area (Å²) in [5, 5.41) is 3.37. The maximum atomic E-state index is 11.9. The Morgan fingerprint density at radius 1 is 1.41 bits per heavy atom. The SMILES string of the molecule is CCCN(C)C(=O)CC(C)C1CCNCC1.Cl. The zero-order valence-electron chi connectivity index (χ0n) is 11.4. The van der Waals surface area contributed by atoms with Crippen molar-refractivity contribution in [2.45, 2.75) is 39.5 Å². The molecule has 0 saturated carbocycles. The van der Waals surface area contributed by atoms with Crippen molar-refractivity contribution in [1.82, 2.24) is 10.2 Å². The summed E-state index contributed by atoms with van der Waals surface area (Å²) in [7, 11) is 1.92. The highest BCUT2D eigenvalue weighted by molar-refractivity contribution is 5.85. The maximum absolute atomic E-state index is 11.9. The molecule has 0 radical (unpaired) electrons. The van der Waals surface area contributed by atoms with Gasteiger partial charge in [0.15, 0.2) is 0 Å². The smallest absolute Gasteiger partial charge is 0.222 e. The van der Waals surface area contributed by atoms with Crippen LogP contribution in [0.4, 0.5) is 0 Å². The second-order valence-electron chi connectivity index (χ2n) is 5.08. The third kappa shape index (κ3) is 5.73. The molecule has 0 aromatic heterocycles. The largest absolute Gasteiger partial charge is 0.346 e. The fourth-order valence-electron chi connectivity index (χ4n) is 2.47. The van der Waals surface area contributed by atoms with E-state index in [-0.39, 0.29) is 12.4 Å². The molecule has 1 rings (SSSR count). The van der Waals surface area contributed by atoms with Gasteiger partial charge >= 0.3 is 0 Å². The first kappa shape index (κ1) is 16.7. The lowest BCUT2D eigenvalue weighted by atomic mass is 9.84. The van der Waals surface area contributed by atoms with Gasteiger partial charge in [-0.05, 0) is 44.2 Å². The normalized spacial score (nSPS) is 18.3. The van der Waals surface area contributed by atoms with E-state index in [2.05, 4.69) is 19.2 Å². The van der Waals surface area contributed by atoms with Crippen molar-refractivity contribution in [3.63, 3.8) is 0 Å². The standard InChI is InChI=1S/C13H26N2O.ClH/c1-4-9-15(3)13(16)10-11(2)12-5-7-14-8-6-12;/h11-12,14H,4-10H2,1-3H3;1H. The zero-order chi connectivity index (χ0) is 12.0. The third-order valence-corrected chi connectivity index (χ3v) is 3.67. The molecule has 1 amide bonds. The maximum Gasteiger partial charge on any atom is 0.222 e. The Hall–Kier alpha value is -0.280. The van der Waals surface area contributed by atoms with Crippen molar-refractivity contribution in [2.75, 3.05) is 26.7 Å². The fourth-order valence-corrected chi connectivity index (χ4v) is 2.47. The fraction of sp³-hybridized carbons (Fsp3) is 0.923. The van der Waals surface area contributed by atoms with Crippen LogP contribution in [-0.4, -0.2) is 37.5 Å². The molecule has 1 aliphatic heterocycles. The lowest BCUT2D eigenvalue weighted by Gasteiger charge is -2.29. The van der Waals surface area contributed by atoms with Crippen LogP contribution in [-0.2, 0) is 4.79 Å². The zero-order valence-corrected chi connectivity index (χ0v) is 12.2. The Morgan fingerprint density at radius 3 is 2.53 bits per heavy atom. The number of halogens is 1. The summed E-state index contributed by atoms with van der Waals surface area (Å²) in [4.78, 5) is 13.8. The van der Waals surface area contributed by atoms with E-state index in [0.717, 1.165) is 38.4 Å². The van der Waals surface area contributed by atoms with E-state index in [9.17, 15) is 4.79 Å². The minimum absolute atomic E-state index is 0. The molecule has 0 bridgehead atoms. The van der Waals surface area contributed by atoms with E-state index in [4.69, 9.17) is 0 Å². The van der Waals surface area contributed by atoms with Crippen LogP contribution in [0.5, 0.6) is 0 Å². The van der Waals surface area contributed by atoms with Crippen molar-refractivity contribution in [2.24, 2.45) is 11.8 Å². The Kier molecular flexibility index (Phi) is 8.61. The molecule has 1 saturated heterocycles. The van der Waals surface area contributed by atoms with Crippen molar-refractivity contribution in [1.29, 1.82) is 0 Å². The molecule has 0 spiro atoms. The molecule has 17 heavy (non-hydrogen) atoms. The van der Waals surface area contributed by atoms with Crippen LogP contribution in [0.25, 0.3) is 0 Å². The molecule has 1 aliphatic rings. The van der Waals surface area contributed by atoms with E-state index in [1.165, 1.54) is 12.8 Å². The molecule has 1 unspecified atom stereocenters. The van der Waals surface area contributed by atoms with Crippen molar-refractivity contribution < 1.29 is 4.79 Å². The first-order valence-corrected chi connectivity index (χ1v) is 6.59. The number of nitrogens with one attached hydrogen (secondary N) is 1. The van der Waals surface area contributed by atoms with Crippen LogP contribution in [0.15, 0.2) is 0 Å². The van der Waals surface area contributed by atoms with Crippen LogP contribution in [0.3, 0.4) is 0 Å². The predicted octanol–water partition coefficient (Wildman–Crippen LogP) is 2.30. The van der Waals surface area contributed by atoms with Gasteiger partial charge in [0.1, 0.15) is 0 Å². The van der Waals surface area contributed by atoms with Crippen LogP contribution in [0.1, 0.15) is 39.5 Å². The van der Waals surface area contributed by atoms with E-state index in [0.29, 0.717) is 11.8 Å². The van der Waals surface area contributed by atoms with Crippen LogP contribution < -0.4 is 5.32 Å². The number of nitrogens with zero attached hydrogens (tertiary/aromatic N) is 1. The Labute approximate surface area is 112 Å². The van der Waals surface area contributed by atoms with Gasteiger partial charge < -0.3 is 10.2 Å². The quantitative estimate of drug-likeness (QED) is 0.825. The molecule has 1 atom stereocenters. The number of piperidine rings is 1. The molecule has 3 nitrogen and oxygen atoms in total. The Balaban J connectivity index is 0.00000256. The minimum atomic E-state index is 0. The lowest BCUT2D eigenvalue weighted by Crippen LogP contribution is -2.34. The summed E-state index contributed by atoms with van der Waals surface area (Å²) < 4.78 is 0. The van der Waals surface area contributed by atoms with Gasteiger partial charge in [-0.15, -0.1) is 12.4 Å². The number of hydrogen-bond donors (Lipinski definition) is 1. The summed E-state index contributed by atoms with van der Waals surface area (Å²) in [5.41, 5.74) is 0. The summed E-state index contributed by atoms with van der Waals surface area (Å²) in [6.07, 6.45) is 4.23. The molecule has 1 fully saturated rings. The van der Waals surface area contributed by atoms with E-state index < -0.39 is 0 Å². The van der Waals surface area contributed by atoms with Gasteiger partial charge in [-0.3, -0.25) is 4.79 Å². The van der Waals surface area contributed by atoms with Gasteiger partial charge in [0.2, 0.25) is 5.91 Å². The van der Waals surface area contributed by atoms with Crippen molar-refractivity contribution >= 4 is 18.3 Å². The molecule has 4 heteroatoms. The number of hydrogen-bond acceptors (Lipinski definition) is 2. The number of amides is 1. The Morgan fingerprint density at radius 2 is 2.00 bits per heavy atom. The van der Waals surface area contributed by atoms with Gasteiger partial charge in [-0.1, -0.05) is 13.8 Å². The second-order valence-corrected chi connectivity index (χ2v) is 5.08. The highest BCUT2D eigenvalue weighted by atomic mass is 35.5. The number of rotatable bonds is 5. The van der Waals surface area contributed by atoms with Crippen LogP contribution >= 0.6 is 12.4 Å². The molecular weight excluding hydrogens is 236 g/mol. The molecular formula is C13H27ClN2O. The number of carbonyl (C=O) groups excluding carboxylic acids is 1. The van der Waals surface area contributed by atoms with Gasteiger partial charge in [0, 0.05) is 20.0 Å². The monoisotopic (exact) mass is 262 g/mol. The molecule has 0 aromatic rings. The predicted molar refractivity (Wildman–Crippen MR) is 74.6 cm³/mol. The average molecular weight is 263 g/mol. The van der Waals surface area contributed by atoms with E-state index >= 15 is 0 Å². The van der Waals surface area contributed by atoms with E-state index in [1.807, 2.05) is 11.9 Å². The first-order chi connectivity index (χ1) is 7.65. The van der Waals surface area contributed by atoms with Crippen LogP contribution in [0.2, 0.25) is 0 Å².